The van der Waals surface area contributed by atoms with Crippen LogP contribution in [0, 0.1) is 12.3 Å². The van der Waals surface area contributed by atoms with E-state index in [1.54, 1.807) is 4.68 Å². The van der Waals surface area contributed by atoms with Crippen LogP contribution in [0.2, 0.25) is 0 Å². The van der Waals surface area contributed by atoms with Gasteiger partial charge in [0.15, 0.2) is 0 Å². The summed E-state index contributed by atoms with van der Waals surface area (Å²) in [6, 6.07) is 0. The molecule has 1 aromatic heterocycles. The van der Waals surface area contributed by atoms with Crippen molar-refractivity contribution in [3.63, 3.8) is 0 Å². The van der Waals surface area contributed by atoms with E-state index >= 15 is 0 Å². The molecule has 2 atom stereocenters. The highest BCUT2D eigenvalue weighted by Gasteiger charge is 2.21. The monoisotopic (exact) mass is 307 g/mol. The quantitative estimate of drug-likeness (QED) is 0.272. The molecule has 0 radical (unpaired) electrons. The van der Waals surface area contributed by atoms with Crippen molar-refractivity contribution in [2.75, 3.05) is 19.8 Å². The molecule has 0 saturated carbocycles. The second-order valence-corrected chi connectivity index (χ2v) is 5.23. The zero-order valence-electron chi connectivity index (χ0n) is 12.7. The average molecular weight is 307 g/mol. The zero-order chi connectivity index (χ0) is 15.8. The van der Waals surface area contributed by atoms with Crippen LogP contribution in [0.15, 0.2) is 6.20 Å². The topological polar surface area (TPSA) is 78.8 Å². The van der Waals surface area contributed by atoms with Gasteiger partial charge in [-0.15, -0.1) is 11.5 Å². The van der Waals surface area contributed by atoms with Crippen LogP contribution in [-0.2, 0) is 32.0 Å². The number of nitrogens with zero attached hydrogens (tertiary/aromatic N) is 3. The van der Waals surface area contributed by atoms with Gasteiger partial charge in [-0.3, -0.25) is 4.79 Å². The van der Waals surface area contributed by atoms with Gasteiger partial charge in [0, 0.05) is 13.1 Å². The fraction of sp³-hybridized carbons (Fsp3) is 0.667. The number of rotatable bonds is 10. The molecule has 1 aromatic rings. The van der Waals surface area contributed by atoms with Gasteiger partial charge in [-0.1, -0.05) is 11.1 Å². The fourth-order valence-electron chi connectivity index (χ4n) is 2.10. The molecule has 1 saturated heterocycles. The third-order valence-corrected chi connectivity index (χ3v) is 3.16. The van der Waals surface area contributed by atoms with Crippen molar-refractivity contribution in [1.29, 1.82) is 0 Å². The summed E-state index contributed by atoms with van der Waals surface area (Å²) in [5.41, 5.74) is 0.923. The third-order valence-electron chi connectivity index (χ3n) is 3.16. The lowest BCUT2D eigenvalue weighted by molar-refractivity contribution is -0.150. The summed E-state index contributed by atoms with van der Waals surface area (Å²) in [7, 11) is 0. The fourth-order valence-corrected chi connectivity index (χ4v) is 2.10. The van der Waals surface area contributed by atoms with Crippen LogP contribution in [0.3, 0.4) is 0 Å². The molecule has 0 aromatic carbocycles. The highest BCUT2D eigenvalue weighted by Crippen LogP contribution is 2.16. The van der Waals surface area contributed by atoms with Crippen LogP contribution in [0.5, 0.6) is 0 Å². The number of hydrogen-bond donors (Lipinski definition) is 0. The maximum Gasteiger partial charge on any atom is 0.303 e. The number of aromatic nitrogens is 3. The normalized spacial score (nSPS) is 17.7. The van der Waals surface area contributed by atoms with E-state index < -0.39 is 6.10 Å². The lowest BCUT2D eigenvalue weighted by Gasteiger charge is -2.16. The molecular formula is C15H21N3O4. The third kappa shape index (κ3) is 6.24. The number of ether oxygens (including phenoxy) is 3. The van der Waals surface area contributed by atoms with Crippen LogP contribution in [0.1, 0.15) is 25.5 Å². The SMILES string of the molecule is C#CCOC[C@@H](Cn1cc(CCC[C@H]2CO2)nn1)OC(C)=O. The van der Waals surface area contributed by atoms with Gasteiger partial charge in [-0.25, -0.2) is 4.68 Å². The number of carbonyl (C=O) groups is 1. The highest BCUT2D eigenvalue weighted by atomic mass is 16.6. The van der Waals surface area contributed by atoms with Gasteiger partial charge in [0.1, 0.15) is 12.7 Å². The number of esters is 1. The first-order valence-corrected chi connectivity index (χ1v) is 7.36. The van der Waals surface area contributed by atoms with Gasteiger partial charge in [0.05, 0.1) is 31.6 Å². The minimum Gasteiger partial charge on any atom is -0.458 e. The molecule has 7 heteroatoms. The minimum absolute atomic E-state index is 0.184. The molecule has 0 unspecified atom stereocenters. The Morgan fingerprint density at radius 1 is 1.68 bits per heavy atom. The second kappa shape index (κ2) is 8.51. The smallest absolute Gasteiger partial charge is 0.303 e. The van der Waals surface area contributed by atoms with Crippen molar-refractivity contribution in [2.24, 2.45) is 0 Å². The van der Waals surface area contributed by atoms with Crippen molar-refractivity contribution in [3.8, 4) is 12.3 Å². The summed E-state index contributed by atoms with van der Waals surface area (Å²) < 4.78 is 17.3. The summed E-state index contributed by atoms with van der Waals surface area (Å²) in [6.07, 6.45) is 9.96. The van der Waals surface area contributed by atoms with Crippen molar-refractivity contribution < 1.29 is 19.0 Å². The molecule has 22 heavy (non-hydrogen) atoms. The molecule has 2 heterocycles. The van der Waals surface area contributed by atoms with Crippen molar-refractivity contribution >= 4 is 5.97 Å². The maximum absolute atomic E-state index is 11.1. The first-order valence-electron chi connectivity index (χ1n) is 7.36. The van der Waals surface area contributed by atoms with Gasteiger partial charge in [0.25, 0.3) is 0 Å². The average Bonchev–Trinajstić information content (AvgIpc) is 3.18. The number of aryl methyl sites for hydroxylation is 1. The molecule has 0 amide bonds. The van der Waals surface area contributed by atoms with E-state index in [4.69, 9.17) is 20.6 Å². The molecule has 2 rings (SSSR count). The first-order chi connectivity index (χ1) is 10.7. The van der Waals surface area contributed by atoms with Gasteiger partial charge < -0.3 is 14.2 Å². The molecule has 1 aliphatic rings. The van der Waals surface area contributed by atoms with Crippen LogP contribution >= 0.6 is 0 Å². The molecule has 120 valence electrons. The largest absolute Gasteiger partial charge is 0.458 e. The van der Waals surface area contributed by atoms with Gasteiger partial charge in [-0.2, -0.15) is 0 Å². The standard InChI is InChI=1S/C15H21N3O4/c1-3-7-20-10-15(22-12(2)19)9-18-8-13(16-17-18)5-4-6-14-11-21-14/h1,8,14-15H,4-7,9-11H2,2H3/t14-,15+/m0/s1. The van der Waals surface area contributed by atoms with Crippen LogP contribution in [-0.4, -0.2) is 53.0 Å². The van der Waals surface area contributed by atoms with Crippen molar-refractivity contribution in [2.45, 2.75) is 44.9 Å². The van der Waals surface area contributed by atoms with E-state index in [-0.39, 0.29) is 19.2 Å². The summed E-state index contributed by atoms with van der Waals surface area (Å²) in [5, 5.41) is 8.17. The Bertz CT molecular complexity index is 519. The minimum atomic E-state index is -0.430. The zero-order valence-corrected chi connectivity index (χ0v) is 12.7. The summed E-state index contributed by atoms with van der Waals surface area (Å²) in [6.45, 7) is 3.06. The van der Waals surface area contributed by atoms with E-state index in [1.165, 1.54) is 6.92 Å². The summed E-state index contributed by atoms with van der Waals surface area (Å²) >= 11 is 0. The molecular weight excluding hydrogens is 286 g/mol. The number of terminal acetylenes is 1. The van der Waals surface area contributed by atoms with Crippen molar-refractivity contribution in [1.82, 2.24) is 15.0 Å². The molecule has 0 aliphatic carbocycles. The lowest BCUT2D eigenvalue weighted by atomic mass is 10.2. The Labute approximate surface area is 129 Å². The second-order valence-electron chi connectivity index (χ2n) is 5.23. The predicted molar refractivity (Wildman–Crippen MR) is 77.9 cm³/mol. The Morgan fingerprint density at radius 3 is 3.18 bits per heavy atom. The predicted octanol–water partition coefficient (Wildman–Crippen LogP) is 0.581. The van der Waals surface area contributed by atoms with E-state index in [1.807, 2.05) is 6.20 Å². The number of epoxide rings is 1. The highest BCUT2D eigenvalue weighted by molar-refractivity contribution is 5.66. The molecule has 7 nitrogen and oxygen atoms in total. The van der Waals surface area contributed by atoms with Crippen LogP contribution in [0.4, 0.5) is 0 Å². The Balaban J connectivity index is 1.78. The van der Waals surface area contributed by atoms with Gasteiger partial charge in [0.2, 0.25) is 0 Å². The Hall–Kier alpha value is -1.91. The molecule has 0 bridgehead atoms. The van der Waals surface area contributed by atoms with Crippen LogP contribution < -0.4 is 0 Å². The number of hydrogen-bond acceptors (Lipinski definition) is 6. The molecule has 1 fully saturated rings. The Morgan fingerprint density at radius 2 is 2.50 bits per heavy atom. The molecule has 1 aliphatic heterocycles. The lowest BCUT2D eigenvalue weighted by Crippen LogP contribution is -2.28. The molecule has 0 N–H and O–H groups in total. The van der Waals surface area contributed by atoms with Gasteiger partial charge in [-0.05, 0) is 19.3 Å². The van der Waals surface area contributed by atoms with Crippen molar-refractivity contribution in [3.05, 3.63) is 11.9 Å². The van der Waals surface area contributed by atoms with Gasteiger partial charge >= 0.3 is 5.97 Å². The van der Waals surface area contributed by atoms with E-state index in [0.29, 0.717) is 12.6 Å². The Kier molecular flexibility index (Phi) is 6.37. The van der Waals surface area contributed by atoms with E-state index in [0.717, 1.165) is 31.6 Å². The first kappa shape index (κ1) is 16.5. The van der Waals surface area contributed by atoms with E-state index in [9.17, 15) is 4.79 Å². The van der Waals surface area contributed by atoms with Crippen LogP contribution in [0.25, 0.3) is 0 Å². The summed E-state index contributed by atoms with van der Waals surface area (Å²) in [5.74, 6) is 2.01. The number of carbonyl (C=O) groups excluding carboxylic acids is 1. The van der Waals surface area contributed by atoms with E-state index in [2.05, 4.69) is 16.2 Å². The maximum atomic E-state index is 11.1. The molecule has 0 spiro atoms. The summed E-state index contributed by atoms with van der Waals surface area (Å²) in [4.78, 5) is 11.1.